The average molecular weight is 287 g/mol. The predicted molar refractivity (Wildman–Crippen MR) is 65.1 cm³/mol. The lowest BCUT2D eigenvalue weighted by atomic mass is 9.75. The van der Waals surface area contributed by atoms with Crippen molar-refractivity contribution >= 4 is 5.91 Å². The molecule has 20 heavy (non-hydrogen) atoms. The molecule has 4 nitrogen and oxygen atoms in total. The van der Waals surface area contributed by atoms with Gasteiger partial charge in [-0.25, -0.2) is 0 Å². The van der Waals surface area contributed by atoms with Crippen molar-refractivity contribution in [3.63, 3.8) is 0 Å². The van der Waals surface area contributed by atoms with Crippen molar-refractivity contribution in [2.75, 3.05) is 6.54 Å². The van der Waals surface area contributed by atoms with Crippen LogP contribution in [0.3, 0.4) is 0 Å². The Morgan fingerprint density at radius 3 is 2.60 bits per heavy atom. The van der Waals surface area contributed by atoms with Gasteiger partial charge >= 0.3 is 6.18 Å². The number of carbonyl (C=O) groups excluding carboxylic acids is 1. The maximum atomic E-state index is 12.5. The van der Waals surface area contributed by atoms with Crippen LogP contribution in [0.15, 0.2) is 12.3 Å². The molecular weight excluding hydrogens is 271 g/mol. The second kappa shape index (κ2) is 4.49. The molecule has 1 saturated carbocycles. The number of hydrogen-bond donors (Lipinski definition) is 0. The Labute approximate surface area is 114 Å². The van der Waals surface area contributed by atoms with Crippen LogP contribution in [0, 0.1) is 0 Å². The van der Waals surface area contributed by atoms with Gasteiger partial charge in [0.25, 0.3) is 5.91 Å². The molecule has 1 aliphatic carbocycles. The summed E-state index contributed by atoms with van der Waals surface area (Å²) in [6.45, 7) is -0.585. The third-order valence-corrected chi connectivity index (χ3v) is 4.39. The van der Waals surface area contributed by atoms with E-state index in [9.17, 15) is 18.0 Å². The highest BCUT2D eigenvalue weighted by Gasteiger charge is 2.48. The fourth-order valence-corrected chi connectivity index (χ4v) is 3.31. The van der Waals surface area contributed by atoms with E-state index >= 15 is 0 Å². The zero-order valence-corrected chi connectivity index (χ0v) is 11.0. The lowest BCUT2D eigenvalue weighted by Gasteiger charge is -2.45. The van der Waals surface area contributed by atoms with Crippen molar-refractivity contribution in [2.24, 2.45) is 0 Å². The molecule has 110 valence electrons. The lowest BCUT2D eigenvalue weighted by molar-refractivity contribution is -0.142. The van der Waals surface area contributed by atoms with E-state index in [1.54, 1.807) is 4.90 Å². The minimum atomic E-state index is -4.37. The Morgan fingerprint density at radius 2 is 2.00 bits per heavy atom. The van der Waals surface area contributed by atoms with Gasteiger partial charge in [-0.2, -0.15) is 18.3 Å². The van der Waals surface area contributed by atoms with Gasteiger partial charge in [0.2, 0.25) is 0 Å². The summed E-state index contributed by atoms with van der Waals surface area (Å²) in [6.07, 6.45) is 1.79. The highest BCUT2D eigenvalue weighted by molar-refractivity contribution is 5.93. The summed E-state index contributed by atoms with van der Waals surface area (Å²) in [4.78, 5) is 14.3. The molecule has 2 aliphatic rings. The molecule has 0 bridgehead atoms. The topological polar surface area (TPSA) is 38.1 Å². The summed E-state index contributed by atoms with van der Waals surface area (Å²) in [5, 5.41) is 3.63. The number of nitrogens with zero attached hydrogens (tertiary/aromatic N) is 3. The van der Waals surface area contributed by atoms with Crippen molar-refractivity contribution in [3.8, 4) is 0 Å². The van der Waals surface area contributed by atoms with Crippen LogP contribution in [0.2, 0.25) is 0 Å². The predicted octanol–water partition coefficient (Wildman–Crippen LogP) is 2.60. The normalized spacial score (nSPS) is 21.2. The summed E-state index contributed by atoms with van der Waals surface area (Å²) < 4.78 is 38.2. The molecular formula is C13H16F3N3O. The van der Waals surface area contributed by atoms with Crippen LogP contribution < -0.4 is 0 Å². The monoisotopic (exact) mass is 287 g/mol. The first-order valence-corrected chi connectivity index (χ1v) is 6.82. The molecule has 1 amide bonds. The molecule has 2 fully saturated rings. The van der Waals surface area contributed by atoms with Crippen LogP contribution in [-0.2, 0) is 6.54 Å². The molecule has 1 aromatic rings. The summed E-state index contributed by atoms with van der Waals surface area (Å²) in [5.41, 5.74) is -0.0553. The minimum absolute atomic E-state index is 0.0375. The molecule has 0 aromatic carbocycles. The van der Waals surface area contributed by atoms with E-state index < -0.39 is 12.7 Å². The van der Waals surface area contributed by atoms with Crippen molar-refractivity contribution in [1.82, 2.24) is 14.7 Å². The molecule has 1 spiro atoms. The number of amides is 1. The zero-order valence-electron chi connectivity index (χ0n) is 11.0. The van der Waals surface area contributed by atoms with Crippen molar-refractivity contribution in [3.05, 3.63) is 18.0 Å². The molecule has 1 saturated heterocycles. The molecule has 2 heterocycles. The molecule has 7 heteroatoms. The third kappa shape index (κ3) is 2.19. The highest BCUT2D eigenvalue weighted by atomic mass is 19.4. The number of rotatable bonds is 2. The fourth-order valence-electron chi connectivity index (χ4n) is 3.31. The van der Waals surface area contributed by atoms with E-state index in [0.717, 1.165) is 36.8 Å². The molecule has 1 aromatic heterocycles. The molecule has 0 atom stereocenters. The van der Waals surface area contributed by atoms with E-state index in [2.05, 4.69) is 5.10 Å². The van der Waals surface area contributed by atoms with E-state index in [1.165, 1.54) is 12.3 Å². The van der Waals surface area contributed by atoms with Crippen LogP contribution >= 0.6 is 0 Å². The number of aromatic nitrogens is 2. The fraction of sp³-hybridized carbons (Fsp3) is 0.692. The summed E-state index contributed by atoms with van der Waals surface area (Å²) >= 11 is 0. The molecule has 3 rings (SSSR count). The van der Waals surface area contributed by atoms with Gasteiger partial charge in [-0.1, -0.05) is 0 Å². The maximum Gasteiger partial charge on any atom is 0.408 e. The second-order valence-electron chi connectivity index (χ2n) is 5.63. The number of alkyl halides is 3. The van der Waals surface area contributed by atoms with Gasteiger partial charge < -0.3 is 4.90 Å². The van der Waals surface area contributed by atoms with Crippen LogP contribution in [-0.4, -0.2) is 38.8 Å². The van der Waals surface area contributed by atoms with Gasteiger partial charge in [0.1, 0.15) is 12.2 Å². The number of carbonyl (C=O) groups is 1. The summed E-state index contributed by atoms with van der Waals surface area (Å²) in [6, 6.07) is 1.37. The Kier molecular flexibility index (Phi) is 3.02. The highest BCUT2D eigenvalue weighted by Crippen LogP contribution is 2.45. The smallest absolute Gasteiger partial charge is 0.332 e. The van der Waals surface area contributed by atoms with Crippen LogP contribution in [0.5, 0.6) is 0 Å². The van der Waals surface area contributed by atoms with Crippen LogP contribution in [0.1, 0.15) is 42.6 Å². The first-order valence-electron chi connectivity index (χ1n) is 6.82. The first kappa shape index (κ1) is 13.5. The van der Waals surface area contributed by atoms with Gasteiger partial charge in [0, 0.05) is 18.3 Å². The minimum Gasteiger partial charge on any atom is -0.332 e. The molecule has 0 unspecified atom stereocenters. The van der Waals surface area contributed by atoms with Crippen LogP contribution in [0.25, 0.3) is 0 Å². The van der Waals surface area contributed by atoms with Crippen LogP contribution in [0.4, 0.5) is 13.2 Å². The van der Waals surface area contributed by atoms with Gasteiger partial charge in [0.05, 0.1) is 0 Å². The number of likely N-dealkylation sites (tertiary alicyclic amines) is 1. The summed E-state index contributed by atoms with van der Waals surface area (Å²) in [7, 11) is 0. The van der Waals surface area contributed by atoms with E-state index in [4.69, 9.17) is 0 Å². The zero-order chi connectivity index (χ0) is 14.4. The number of halogens is 3. The summed E-state index contributed by atoms with van der Waals surface area (Å²) in [5.74, 6) is -0.316. The lowest BCUT2D eigenvalue weighted by Crippen LogP contribution is -2.52. The Bertz CT molecular complexity index is 519. The van der Waals surface area contributed by atoms with E-state index in [1.807, 2.05) is 0 Å². The second-order valence-corrected chi connectivity index (χ2v) is 5.63. The van der Waals surface area contributed by atoms with Gasteiger partial charge in [-0.15, -0.1) is 0 Å². The van der Waals surface area contributed by atoms with Gasteiger partial charge in [0.15, 0.2) is 0 Å². The third-order valence-electron chi connectivity index (χ3n) is 4.39. The van der Waals surface area contributed by atoms with E-state index in [0.29, 0.717) is 6.54 Å². The SMILES string of the molecule is O=C(c1ccnn1CC(F)(F)F)N1CCCC12CCC2. The van der Waals surface area contributed by atoms with Crippen molar-refractivity contribution in [1.29, 1.82) is 0 Å². The maximum absolute atomic E-state index is 12.5. The Balaban J connectivity index is 1.83. The standard InChI is InChI=1S/C13H16F3N3O/c14-13(15,16)9-19-10(3-7-17-19)11(20)18-8-2-6-12(18)4-1-5-12/h3,7H,1-2,4-6,8-9H2. The van der Waals surface area contributed by atoms with Crippen molar-refractivity contribution < 1.29 is 18.0 Å². The largest absolute Gasteiger partial charge is 0.408 e. The molecule has 0 radical (unpaired) electrons. The quantitative estimate of drug-likeness (QED) is 0.838. The van der Waals surface area contributed by atoms with Gasteiger partial charge in [-0.3, -0.25) is 9.48 Å². The van der Waals surface area contributed by atoms with Gasteiger partial charge in [-0.05, 0) is 38.2 Å². The average Bonchev–Trinajstić information content (AvgIpc) is 2.90. The van der Waals surface area contributed by atoms with Crippen molar-refractivity contribution in [2.45, 2.75) is 50.4 Å². The number of hydrogen-bond acceptors (Lipinski definition) is 2. The molecule has 1 aliphatic heterocycles. The Hall–Kier alpha value is -1.53. The van der Waals surface area contributed by atoms with E-state index in [-0.39, 0.29) is 17.1 Å². The molecule has 0 N–H and O–H groups in total. The Morgan fingerprint density at radius 1 is 1.30 bits per heavy atom. The first-order chi connectivity index (χ1) is 9.41.